The fourth-order valence-electron chi connectivity index (χ4n) is 3.27. The summed E-state index contributed by atoms with van der Waals surface area (Å²) in [6.45, 7) is 1.98. The lowest BCUT2D eigenvalue weighted by atomic mass is 10.2. The third-order valence-corrected chi connectivity index (χ3v) is 4.68. The number of imidazole rings is 1. The quantitative estimate of drug-likeness (QED) is 0.500. The molecule has 0 saturated heterocycles. The summed E-state index contributed by atoms with van der Waals surface area (Å²) in [4.78, 5) is 35.6. The summed E-state index contributed by atoms with van der Waals surface area (Å²) in [6, 6.07) is 13.3. The monoisotopic (exact) mass is 407 g/mol. The molecule has 0 aliphatic rings. The smallest absolute Gasteiger partial charge is 0.330 e. The third kappa shape index (κ3) is 3.74. The first-order chi connectivity index (χ1) is 14.4. The first-order valence-corrected chi connectivity index (χ1v) is 9.45. The molecular formula is C21H21N5O4. The number of aromatic amines is 1. The van der Waals surface area contributed by atoms with Gasteiger partial charge in [-0.05, 0) is 18.6 Å². The summed E-state index contributed by atoms with van der Waals surface area (Å²) in [5, 5.41) is 9.71. The number of benzene rings is 1. The van der Waals surface area contributed by atoms with Crippen molar-refractivity contribution >= 4 is 11.2 Å². The molecule has 0 fully saturated rings. The number of aliphatic hydroxyl groups is 1. The molecule has 0 bridgehead atoms. The topological polar surface area (TPSA) is 115 Å². The van der Waals surface area contributed by atoms with Gasteiger partial charge in [-0.25, -0.2) is 14.8 Å². The Bertz CT molecular complexity index is 1290. The summed E-state index contributed by atoms with van der Waals surface area (Å²) >= 11 is 0. The number of hydrogen-bond donors (Lipinski definition) is 2. The van der Waals surface area contributed by atoms with Crippen molar-refractivity contribution in [3.63, 3.8) is 0 Å². The Morgan fingerprint density at radius 1 is 1.17 bits per heavy atom. The summed E-state index contributed by atoms with van der Waals surface area (Å²) in [5.74, 6) is 0.938. The molecule has 9 heteroatoms. The van der Waals surface area contributed by atoms with Crippen molar-refractivity contribution in [3.8, 4) is 17.3 Å². The van der Waals surface area contributed by atoms with Gasteiger partial charge >= 0.3 is 5.69 Å². The average molecular weight is 407 g/mol. The predicted octanol–water partition coefficient (Wildman–Crippen LogP) is 1.45. The zero-order valence-corrected chi connectivity index (χ0v) is 16.6. The molecule has 1 unspecified atom stereocenters. The molecule has 3 heterocycles. The second kappa shape index (κ2) is 7.96. The number of nitrogens with zero attached hydrogens (tertiary/aromatic N) is 4. The maximum atomic E-state index is 12.3. The molecule has 0 amide bonds. The average Bonchev–Trinajstić information content (AvgIpc) is 3.08. The van der Waals surface area contributed by atoms with Gasteiger partial charge in [0.05, 0.1) is 12.6 Å². The lowest BCUT2D eigenvalue weighted by molar-refractivity contribution is 0.173. The Labute approximate surface area is 171 Å². The molecular weight excluding hydrogens is 386 g/mol. The van der Waals surface area contributed by atoms with Crippen molar-refractivity contribution in [1.29, 1.82) is 0 Å². The van der Waals surface area contributed by atoms with Crippen LogP contribution in [0.2, 0.25) is 0 Å². The predicted molar refractivity (Wildman–Crippen MR) is 111 cm³/mol. The van der Waals surface area contributed by atoms with Gasteiger partial charge in [0, 0.05) is 24.9 Å². The molecule has 0 radical (unpaired) electrons. The van der Waals surface area contributed by atoms with E-state index in [2.05, 4.69) is 15.0 Å². The van der Waals surface area contributed by atoms with E-state index in [4.69, 9.17) is 4.74 Å². The Morgan fingerprint density at radius 2 is 1.93 bits per heavy atom. The molecule has 0 aliphatic heterocycles. The number of ether oxygens (including phenoxy) is 1. The first-order valence-electron chi connectivity index (χ1n) is 9.45. The van der Waals surface area contributed by atoms with Crippen LogP contribution >= 0.6 is 0 Å². The minimum absolute atomic E-state index is 0.0209. The molecule has 0 spiro atoms. The molecule has 3 aromatic heterocycles. The van der Waals surface area contributed by atoms with Crippen molar-refractivity contribution < 1.29 is 9.84 Å². The molecule has 4 rings (SSSR count). The number of nitrogens with one attached hydrogen (secondary N) is 1. The Balaban J connectivity index is 1.67. The highest BCUT2D eigenvalue weighted by Gasteiger charge is 2.18. The van der Waals surface area contributed by atoms with Crippen molar-refractivity contribution in [3.05, 3.63) is 75.1 Å². The minimum Gasteiger partial charge on any atom is -0.473 e. The normalized spacial score (nSPS) is 12.2. The second-order valence-electron chi connectivity index (χ2n) is 7.04. The van der Waals surface area contributed by atoms with Gasteiger partial charge in [-0.15, -0.1) is 0 Å². The van der Waals surface area contributed by atoms with Gasteiger partial charge in [0.25, 0.3) is 5.56 Å². The Kier molecular flexibility index (Phi) is 5.20. The van der Waals surface area contributed by atoms with Crippen molar-refractivity contribution in [1.82, 2.24) is 24.1 Å². The maximum Gasteiger partial charge on any atom is 0.330 e. The van der Waals surface area contributed by atoms with Crippen LogP contribution in [-0.4, -0.2) is 35.3 Å². The van der Waals surface area contributed by atoms with Gasteiger partial charge in [0.1, 0.15) is 12.4 Å². The van der Waals surface area contributed by atoms with Crippen LogP contribution in [0.15, 0.2) is 58.3 Å². The lowest BCUT2D eigenvalue weighted by Crippen LogP contribution is -2.33. The highest BCUT2D eigenvalue weighted by molar-refractivity contribution is 5.76. The van der Waals surface area contributed by atoms with Crippen LogP contribution in [0.4, 0.5) is 0 Å². The number of aromatic nitrogens is 5. The molecule has 1 aromatic carbocycles. The highest BCUT2D eigenvalue weighted by atomic mass is 16.5. The van der Waals surface area contributed by atoms with Crippen LogP contribution < -0.4 is 16.0 Å². The summed E-state index contributed by atoms with van der Waals surface area (Å²) in [7, 11) is 1.69. The van der Waals surface area contributed by atoms with Crippen LogP contribution in [-0.2, 0) is 20.2 Å². The van der Waals surface area contributed by atoms with Gasteiger partial charge in [-0.1, -0.05) is 30.3 Å². The molecule has 0 saturated carbocycles. The van der Waals surface area contributed by atoms with Crippen LogP contribution in [0.1, 0.15) is 12.5 Å². The van der Waals surface area contributed by atoms with Crippen LogP contribution in [0.25, 0.3) is 22.6 Å². The number of fused-ring (bicyclic) bond motifs is 1. The van der Waals surface area contributed by atoms with Crippen molar-refractivity contribution in [2.75, 3.05) is 0 Å². The second-order valence-corrected chi connectivity index (χ2v) is 7.04. The zero-order valence-electron chi connectivity index (χ0n) is 16.6. The largest absolute Gasteiger partial charge is 0.473 e. The number of rotatable bonds is 6. The molecule has 154 valence electrons. The Hall–Kier alpha value is -3.72. The number of hydrogen-bond acceptors (Lipinski definition) is 6. The number of aryl methyl sites for hydroxylation is 1. The first kappa shape index (κ1) is 19.6. The van der Waals surface area contributed by atoms with Crippen LogP contribution in [0, 0.1) is 0 Å². The van der Waals surface area contributed by atoms with E-state index in [1.165, 1.54) is 4.57 Å². The SMILES string of the molecule is CC(O)Cn1c(=O)[nH]c(=O)c2c1nc(-c1ccc(OCc3ccccc3)nc1)n2C. The molecule has 4 aromatic rings. The lowest BCUT2D eigenvalue weighted by Gasteiger charge is -2.07. The molecule has 0 aliphatic carbocycles. The van der Waals surface area contributed by atoms with Gasteiger partial charge in [-0.3, -0.25) is 14.3 Å². The van der Waals surface area contributed by atoms with Gasteiger partial charge in [0.2, 0.25) is 5.88 Å². The van der Waals surface area contributed by atoms with E-state index in [1.807, 2.05) is 30.3 Å². The molecule has 30 heavy (non-hydrogen) atoms. The Morgan fingerprint density at radius 3 is 2.60 bits per heavy atom. The third-order valence-electron chi connectivity index (χ3n) is 4.68. The van der Waals surface area contributed by atoms with Crippen LogP contribution in [0.3, 0.4) is 0 Å². The molecule has 2 N–H and O–H groups in total. The van der Waals surface area contributed by atoms with Crippen molar-refractivity contribution in [2.45, 2.75) is 26.2 Å². The summed E-state index contributed by atoms with van der Waals surface area (Å²) in [6.07, 6.45) is 0.831. The van der Waals surface area contributed by atoms with Gasteiger partial charge in [-0.2, -0.15) is 0 Å². The van der Waals surface area contributed by atoms with E-state index in [9.17, 15) is 14.7 Å². The number of H-pyrrole nitrogens is 1. The number of pyridine rings is 1. The van der Waals surface area contributed by atoms with Crippen molar-refractivity contribution in [2.24, 2.45) is 7.05 Å². The maximum absolute atomic E-state index is 12.3. The summed E-state index contributed by atoms with van der Waals surface area (Å²) < 4.78 is 8.57. The van der Waals surface area contributed by atoms with E-state index in [0.717, 1.165) is 5.56 Å². The van der Waals surface area contributed by atoms with E-state index in [1.54, 1.807) is 36.9 Å². The summed E-state index contributed by atoms with van der Waals surface area (Å²) in [5.41, 5.74) is 1.01. The fourth-order valence-corrected chi connectivity index (χ4v) is 3.27. The van der Waals surface area contributed by atoms with E-state index in [0.29, 0.717) is 23.9 Å². The zero-order chi connectivity index (χ0) is 21.3. The highest BCUT2D eigenvalue weighted by Crippen LogP contribution is 2.22. The van der Waals surface area contributed by atoms with Gasteiger partial charge in [0.15, 0.2) is 11.2 Å². The molecule has 1 atom stereocenters. The fraction of sp³-hybridized carbons (Fsp3) is 0.238. The standard InChI is InChI=1S/C21H21N5O4/c1-13(27)11-26-19-17(20(28)24-21(26)29)25(2)18(23-19)15-8-9-16(22-10-15)30-12-14-6-4-3-5-7-14/h3-10,13,27H,11-12H2,1-2H3,(H,24,28,29). The van der Waals surface area contributed by atoms with E-state index >= 15 is 0 Å². The van der Waals surface area contributed by atoms with Crippen LogP contribution in [0.5, 0.6) is 5.88 Å². The van der Waals surface area contributed by atoms with E-state index in [-0.39, 0.29) is 17.7 Å². The minimum atomic E-state index is -0.773. The van der Waals surface area contributed by atoms with Gasteiger partial charge < -0.3 is 14.4 Å². The van der Waals surface area contributed by atoms with E-state index < -0.39 is 17.4 Å². The molecule has 9 nitrogen and oxygen atoms in total. The number of aliphatic hydroxyl groups excluding tert-OH is 1.